The van der Waals surface area contributed by atoms with Crippen LogP contribution in [0.15, 0.2) is 254 Å². The first-order valence-electron chi connectivity index (χ1n) is 25.1. The molecule has 8 aromatic heterocycles. The van der Waals surface area contributed by atoms with Gasteiger partial charge < -0.3 is 42.9 Å². The second kappa shape index (κ2) is 37.6. The van der Waals surface area contributed by atoms with E-state index in [4.69, 9.17) is 47.7 Å². The number of aromatic hydroxyl groups is 1. The molecule has 5 aromatic carbocycles. The van der Waals surface area contributed by atoms with Crippen molar-refractivity contribution >= 4 is 99.3 Å². The van der Waals surface area contributed by atoms with E-state index in [0.717, 1.165) is 63.8 Å². The van der Waals surface area contributed by atoms with Crippen LogP contribution in [0.5, 0.6) is 29.0 Å². The molecule has 0 aliphatic carbocycles. The van der Waals surface area contributed by atoms with Gasteiger partial charge >= 0.3 is 138 Å². The predicted octanol–water partition coefficient (Wildman–Crippen LogP) is 9.19. The number of halogens is 2. The Morgan fingerprint density at radius 1 is 0.512 bits per heavy atom. The number of thiazole rings is 2. The summed E-state index contributed by atoms with van der Waals surface area (Å²) >= 11 is 12.5. The van der Waals surface area contributed by atoms with Gasteiger partial charge in [0.15, 0.2) is 9.05 Å². The largest absolute Gasteiger partial charge is 1.00 e. The normalized spacial score (nSPS) is 9.80. The van der Waals surface area contributed by atoms with Crippen LogP contribution in [-0.4, -0.2) is 51.5 Å². The first-order chi connectivity index (χ1) is 41.1. The zero-order valence-electron chi connectivity index (χ0n) is 47.0. The molecule has 0 saturated heterocycles. The third-order valence-corrected chi connectivity index (χ3v) is 13.9. The molecule has 17 nitrogen and oxygen atoms in total. The Labute approximate surface area is 635 Å². The topological polar surface area (TPSA) is 255 Å². The van der Waals surface area contributed by atoms with Gasteiger partial charge in [-0.25, -0.2) is 24.9 Å². The second-order valence-electron chi connectivity index (χ2n) is 16.9. The summed E-state index contributed by atoms with van der Waals surface area (Å²) in [5, 5.41) is 21.9. The summed E-state index contributed by atoms with van der Waals surface area (Å²) in [5.41, 5.74) is 21.2. The van der Waals surface area contributed by atoms with E-state index < -0.39 is 0 Å². The average Bonchev–Trinajstić information content (AvgIpc) is 3.49. The van der Waals surface area contributed by atoms with E-state index in [9.17, 15) is 0 Å². The third kappa shape index (κ3) is 22.2. The number of benzene rings is 5. The van der Waals surface area contributed by atoms with Crippen molar-refractivity contribution in [3.05, 3.63) is 259 Å². The van der Waals surface area contributed by atoms with Crippen LogP contribution >= 0.6 is 50.2 Å². The molecular formula is C63H49BrClCs2N11O6S2. The van der Waals surface area contributed by atoms with Crippen molar-refractivity contribution in [3.63, 3.8) is 0 Å². The molecule has 13 rings (SSSR count). The van der Waals surface area contributed by atoms with Crippen LogP contribution in [0.4, 0.5) is 22.2 Å². The van der Waals surface area contributed by atoms with Crippen molar-refractivity contribution in [2.75, 3.05) is 16.8 Å². The first kappa shape index (κ1) is 69.0. The Hall–Kier alpha value is -6.12. The van der Waals surface area contributed by atoms with Crippen LogP contribution in [0.1, 0.15) is 1.43 Å². The molecule has 6 N–H and O–H groups in total. The number of nitrogens with one attached hydrogen (secondary N) is 1. The van der Waals surface area contributed by atoms with Crippen LogP contribution in [0.2, 0.25) is 5.15 Å². The monoisotopic (exact) mass is 1500 g/mol. The van der Waals surface area contributed by atoms with Crippen molar-refractivity contribution in [2.24, 2.45) is 0 Å². The quantitative estimate of drug-likeness (QED) is 0.0248. The number of nitrogens with zero attached hydrogens (tertiary/aromatic N) is 8. The molecule has 420 valence electrons. The van der Waals surface area contributed by atoms with Crippen LogP contribution in [0, 0.1) is 0 Å². The summed E-state index contributed by atoms with van der Waals surface area (Å²) in [5.74, 6) is 2.79. The van der Waals surface area contributed by atoms with Gasteiger partial charge in [0.05, 0.1) is 20.4 Å². The molecular weight excluding hydrogens is 1450 g/mol. The fourth-order valence-corrected chi connectivity index (χ4v) is 9.83. The third-order valence-electron chi connectivity index (χ3n) is 11.2. The van der Waals surface area contributed by atoms with Gasteiger partial charge in [0.25, 0.3) is 6.47 Å². The number of fused-ring (bicyclic) bond motifs is 2. The molecule has 23 heteroatoms. The number of carbonyl (C=O) groups excluding carboxylic acids is 1. The predicted molar refractivity (Wildman–Crippen MR) is 336 cm³/mol. The Morgan fingerprint density at radius 3 is 1.36 bits per heavy atom. The van der Waals surface area contributed by atoms with Gasteiger partial charge in [-0.2, -0.15) is 0 Å². The number of carbonyl (C=O) groups is 1. The van der Waals surface area contributed by atoms with E-state index in [0.29, 0.717) is 39.8 Å². The number of nitrogen functional groups attached to an aromatic ring is 2. The minimum atomic E-state index is -0.181. The van der Waals surface area contributed by atoms with Crippen LogP contribution < -0.4 is 169 Å². The fourth-order valence-electron chi connectivity index (χ4n) is 7.31. The van der Waals surface area contributed by atoms with E-state index in [1.807, 2.05) is 146 Å². The number of nitrogens with two attached hydrogens (primary N) is 2. The molecule has 0 spiro atoms. The molecule has 86 heavy (non-hydrogen) atoms. The van der Waals surface area contributed by atoms with Crippen LogP contribution in [0.25, 0.3) is 53.8 Å². The number of hydrogen-bond acceptors (Lipinski definition) is 19. The maximum atomic E-state index is 8.70. The minimum absolute atomic E-state index is 0. The number of ether oxygens (including phenoxy) is 2. The van der Waals surface area contributed by atoms with Gasteiger partial charge in [-0.1, -0.05) is 47.2 Å². The summed E-state index contributed by atoms with van der Waals surface area (Å²) in [4.78, 5) is 44.8. The molecule has 0 saturated carbocycles. The number of phenols is 1. The molecule has 0 unspecified atom stereocenters. The number of hydrogen-bond donors (Lipinski definition) is 4. The summed E-state index contributed by atoms with van der Waals surface area (Å²) in [6, 6.07) is 60.7. The fraction of sp³-hybridized carbons (Fsp3) is 0. The second-order valence-corrected chi connectivity index (χ2v) is 20.6. The molecule has 13 aromatic rings. The van der Waals surface area contributed by atoms with Crippen molar-refractivity contribution in [1.82, 2.24) is 39.9 Å². The van der Waals surface area contributed by atoms with Gasteiger partial charge in [0.1, 0.15) is 22.4 Å². The van der Waals surface area contributed by atoms with Gasteiger partial charge in [-0.3, -0.25) is 19.7 Å². The van der Waals surface area contributed by atoms with Crippen LogP contribution in [-0.2, 0) is 9.68 Å². The van der Waals surface area contributed by atoms with Gasteiger partial charge in [-0.15, -0.1) is 11.3 Å². The standard InChI is InChI=1S/C23H16N4OS.C16H13N3O.C10H7ClN2.C7H4BrNS.C6H7NO.CH2O3.2Cs.H/c1-2-6-21-20(5-1)27-23(29-21)26-17-7-9-18(10-8-17)28-22-19(4-3-13-25-22)16-11-14-24-15-12-16;17-13-3-5-14(6-4-13)20-16-15(2-1-9-19-16)12-7-10-18-11-8-12;11-10-9(2-1-5-13-10)8-3-6-12-7-4-8;8-7-9-5-3-1-2-4-6(5)10-7;7-5-1-3-6(8)4-2-5;2-1-4-3;;;/h1-15H,(H,26,27);1-11H,17H2;1-7H;1-4H;1-4,8H,7H2;1,3H;;;/q;;;;;;2*+1;-1/p-1. The molecule has 0 bridgehead atoms. The first-order valence-corrected chi connectivity index (χ1v) is 27.9. The number of phenolic OH excluding ortho intramolecular Hbond substituents is 1. The van der Waals surface area contributed by atoms with Crippen LogP contribution in [0.3, 0.4) is 0 Å². The Bertz CT molecular complexity index is 4020. The van der Waals surface area contributed by atoms with Crippen molar-refractivity contribution in [3.8, 4) is 62.4 Å². The van der Waals surface area contributed by atoms with Gasteiger partial charge in [0.2, 0.25) is 11.8 Å². The smallest absolute Gasteiger partial charge is 1.00 e. The number of anilines is 4. The van der Waals surface area contributed by atoms with Gasteiger partial charge in [0, 0.05) is 89.5 Å². The van der Waals surface area contributed by atoms with E-state index >= 15 is 0 Å². The minimum Gasteiger partial charge on any atom is -1.00 e. The van der Waals surface area contributed by atoms with Gasteiger partial charge in [-0.05, 0) is 202 Å². The maximum absolute atomic E-state index is 8.70. The van der Waals surface area contributed by atoms with Crippen molar-refractivity contribution in [2.45, 2.75) is 0 Å². The number of rotatable bonds is 10. The average molecular weight is 1500 g/mol. The molecule has 0 aliphatic rings. The molecule has 0 atom stereocenters. The number of para-hydroxylation sites is 2. The summed E-state index contributed by atoms with van der Waals surface area (Å²) in [6.07, 6.45) is 15.6. The van der Waals surface area contributed by atoms with Crippen molar-refractivity contribution < 1.29 is 169 Å². The zero-order valence-corrected chi connectivity index (χ0v) is 62.6. The van der Waals surface area contributed by atoms with E-state index in [2.05, 4.69) is 78.1 Å². The SMILES string of the molecule is Brc1nc2ccccc2s1.Clc1ncccc1-c1ccncc1.Nc1ccc(O)cc1.Nc1ccc(Oc2ncccc2-c2ccncc2)cc1.O=CO[O-].[Cs+].[Cs+].[H-].c1cnc(Oc2ccc(Nc3nc4ccccc4s3)cc2)c(-c2ccncc2)c1. The maximum Gasteiger partial charge on any atom is 1.00 e. The summed E-state index contributed by atoms with van der Waals surface area (Å²) in [6.45, 7) is -0.181. The van der Waals surface area contributed by atoms with E-state index in [1.165, 1.54) is 4.70 Å². The van der Waals surface area contributed by atoms with E-state index in [1.54, 1.807) is 115 Å². The number of aromatic nitrogens is 8. The Balaban J connectivity index is 0.000000207. The summed E-state index contributed by atoms with van der Waals surface area (Å²) in [7, 11) is 0. The summed E-state index contributed by atoms with van der Waals surface area (Å²) < 4.78 is 15.2. The number of pyridine rings is 6. The molecule has 0 radical (unpaired) electrons. The molecule has 0 aliphatic heterocycles. The van der Waals surface area contributed by atoms with Crippen molar-refractivity contribution in [1.29, 1.82) is 0 Å². The Morgan fingerprint density at radius 2 is 0.919 bits per heavy atom. The zero-order chi connectivity index (χ0) is 58.7. The molecule has 0 amide bonds. The Kier molecular flexibility index (Phi) is 30.1. The molecule has 0 fully saturated rings. The van der Waals surface area contributed by atoms with E-state index in [-0.39, 0.29) is 151 Å². The molecule has 8 heterocycles.